The summed E-state index contributed by atoms with van der Waals surface area (Å²) in [4.78, 5) is 17.5. The SMILES string of the molecule is C/C=C\C(=O)Nc1cc(C)nn1-c1nc(-c2cccs2)cs1. The number of rotatable bonds is 4. The Labute approximate surface area is 135 Å². The summed E-state index contributed by atoms with van der Waals surface area (Å²) in [6.07, 6.45) is 3.17. The number of hydrogen-bond acceptors (Lipinski definition) is 5. The van der Waals surface area contributed by atoms with Crippen LogP contribution in [0.25, 0.3) is 15.7 Å². The first kappa shape index (κ1) is 14.7. The first-order chi connectivity index (χ1) is 10.7. The van der Waals surface area contributed by atoms with E-state index in [0.717, 1.165) is 21.4 Å². The van der Waals surface area contributed by atoms with Crippen molar-refractivity contribution in [2.45, 2.75) is 13.8 Å². The van der Waals surface area contributed by atoms with E-state index in [9.17, 15) is 4.79 Å². The third kappa shape index (κ3) is 3.00. The molecule has 0 unspecified atom stereocenters. The topological polar surface area (TPSA) is 59.8 Å². The average molecular weight is 330 g/mol. The van der Waals surface area contributed by atoms with E-state index in [1.807, 2.05) is 35.9 Å². The van der Waals surface area contributed by atoms with Crippen LogP contribution in [0.15, 0.2) is 41.1 Å². The van der Waals surface area contributed by atoms with E-state index in [1.54, 1.807) is 29.0 Å². The standard InChI is InChI=1S/C15H14N4OS2/c1-3-5-14(20)17-13-8-10(2)18-19(13)15-16-11(9-22-15)12-6-4-7-21-12/h3-9H,1-2H3,(H,17,20)/b5-3-. The van der Waals surface area contributed by atoms with Gasteiger partial charge in [-0.25, -0.2) is 4.98 Å². The maximum Gasteiger partial charge on any atom is 0.249 e. The third-order valence-corrected chi connectivity index (χ3v) is 4.56. The van der Waals surface area contributed by atoms with Crippen LogP contribution in [-0.2, 0) is 4.79 Å². The quantitative estimate of drug-likeness (QED) is 0.739. The predicted molar refractivity (Wildman–Crippen MR) is 90.7 cm³/mol. The first-order valence-electron chi connectivity index (χ1n) is 6.67. The van der Waals surface area contributed by atoms with Gasteiger partial charge in [0.1, 0.15) is 5.82 Å². The minimum atomic E-state index is -0.182. The molecule has 3 aromatic heterocycles. The summed E-state index contributed by atoms with van der Waals surface area (Å²) in [6, 6.07) is 5.86. The molecule has 1 amide bonds. The number of hydrogen-bond donors (Lipinski definition) is 1. The van der Waals surface area contributed by atoms with Gasteiger partial charge in [-0.3, -0.25) is 4.79 Å². The van der Waals surface area contributed by atoms with Crippen LogP contribution in [0.2, 0.25) is 0 Å². The number of thiophene rings is 1. The Morgan fingerprint density at radius 1 is 1.41 bits per heavy atom. The summed E-state index contributed by atoms with van der Waals surface area (Å²) >= 11 is 3.14. The zero-order chi connectivity index (χ0) is 15.5. The van der Waals surface area contributed by atoms with Gasteiger partial charge in [0.15, 0.2) is 0 Å². The molecule has 1 N–H and O–H groups in total. The van der Waals surface area contributed by atoms with Crippen molar-refractivity contribution in [2.75, 3.05) is 5.32 Å². The van der Waals surface area contributed by atoms with Gasteiger partial charge in [-0.2, -0.15) is 9.78 Å². The highest BCUT2D eigenvalue weighted by atomic mass is 32.1. The van der Waals surface area contributed by atoms with Gasteiger partial charge in [-0.15, -0.1) is 22.7 Å². The van der Waals surface area contributed by atoms with Gasteiger partial charge in [0.2, 0.25) is 11.0 Å². The Morgan fingerprint density at radius 3 is 3.00 bits per heavy atom. The Hall–Kier alpha value is -2.25. The number of anilines is 1. The molecular formula is C15H14N4OS2. The predicted octanol–water partition coefficient (Wildman–Crippen LogP) is 3.88. The van der Waals surface area contributed by atoms with Crippen molar-refractivity contribution in [2.24, 2.45) is 0 Å². The minimum absolute atomic E-state index is 0.182. The molecule has 22 heavy (non-hydrogen) atoms. The summed E-state index contributed by atoms with van der Waals surface area (Å²) in [6.45, 7) is 3.69. The van der Waals surface area contributed by atoms with Gasteiger partial charge in [-0.05, 0) is 31.4 Å². The Morgan fingerprint density at radius 2 is 2.27 bits per heavy atom. The number of carbonyl (C=O) groups is 1. The second-order valence-corrected chi connectivity index (χ2v) is 6.35. The summed E-state index contributed by atoms with van der Waals surface area (Å²) in [5.41, 5.74) is 1.75. The molecule has 7 heteroatoms. The van der Waals surface area contributed by atoms with Crippen molar-refractivity contribution in [3.63, 3.8) is 0 Å². The summed E-state index contributed by atoms with van der Waals surface area (Å²) < 4.78 is 1.67. The second-order valence-electron chi connectivity index (χ2n) is 4.56. The fourth-order valence-electron chi connectivity index (χ4n) is 1.95. The lowest BCUT2D eigenvalue weighted by atomic mass is 10.4. The molecule has 3 rings (SSSR count). The van der Waals surface area contributed by atoms with Crippen molar-refractivity contribution >= 4 is 34.4 Å². The van der Waals surface area contributed by atoms with E-state index in [0.29, 0.717) is 5.82 Å². The number of nitrogens with one attached hydrogen (secondary N) is 1. The highest BCUT2D eigenvalue weighted by Crippen LogP contribution is 2.29. The largest absolute Gasteiger partial charge is 0.307 e. The van der Waals surface area contributed by atoms with Gasteiger partial charge >= 0.3 is 0 Å². The smallest absolute Gasteiger partial charge is 0.249 e. The molecule has 5 nitrogen and oxygen atoms in total. The van der Waals surface area contributed by atoms with Crippen molar-refractivity contribution in [3.8, 4) is 15.7 Å². The van der Waals surface area contributed by atoms with Gasteiger partial charge in [0.05, 0.1) is 16.3 Å². The Balaban J connectivity index is 1.93. The normalized spacial score (nSPS) is 11.2. The van der Waals surface area contributed by atoms with Crippen LogP contribution in [0.3, 0.4) is 0 Å². The first-order valence-corrected chi connectivity index (χ1v) is 8.43. The van der Waals surface area contributed by atoms with Crippen LogP contribution in [-0.4, -0.2) is 20.7 Å². The van der Waals surface area contributed by atoms with E-state index in [1.165, 1.54) is 17.4 Å². The molecule has 0 bridgehead atoms. The molecule has 3 heterocycles. The molecule has 0 saturated carbocycles. The lowest BCUT2D eigenvalue weighted by molar-refractivity contribution is -0.111. The van der Waals surface area contributed by atoms with Crippen LogP contribution in [0, 0.1) is 6.92 Å². The molecule has 0 spiro atoms. The van der Waals surface area contributed by atoms with E-state index in [-0.39, 0.29) is 5.91 Å². The van der Waals surface area contributed by atoms with E-state index in [4.69, 9.17) is 0 Å². The number of thiazole rings is 1. The van der Waals surface area contributed by atoms with Crippen molar-refractivity contribution in [1.29, 1.82) is 0 Å². The lowest BCUT2D eigenvalue weighted by Crippen LogP contribution is -2.12. The molecule has 0 aliphatic carbocycles. The highest BCUT2D eigenvalue weighted by Gasteiger charge is 2.13. The molecule has 0 aliphatic heterocycles. The molecule has 0 saturated heterocycles. The van der Waals surface area contributed by atoms with Crippen LogP contribution >= 0.6 is 22.7 Å². The number of nitrogens with zero attached hydrogens (tertiary/aromatic N) is 3. The van der Waals surface area contributed by atoms with Crippen LogP contribution in [0.1, 0.15) is 12.6 Å². The maximum absolute atomic E-state index is 11.7. The van der Waals surface area contributed by atoms with E-state index < -0.39 is 0 Å². The molecule has 112 valence electrons. The average Bonchev–Trinajstić information content (AvgIpc) is 3.18. The molecule has 0 aromatic carbocycles. The molecular weight excluding hydrogens is 316 g/mol. The number of carbonyl (C=O) groups excluding carboxylic acids is 1. The van der Waals surface area contributed by atoms with Gasteiger partial charge in [-0.1, -0.05) is 12.1 Å². The molecule has 0 fully saturated rings. The van der Waals surface area contributed by atoms with E-state index >= 15 is 0 Å². The van der Waals surface area contributed by atoms with Crippen molar-refractivity contribution in [3.05, 3.63) is 46.8 Å². The summed E-state index contributed by atoms with van der Waals surface area (Å²) in [5, 5.41) is 12.0. The number of aryl methyl sites for hydroxylation is 1. The zero-order valence-electron chi connectivity index (χ0n) is 12.1. The second kappa shape index (κ2) is 6.25. The van der Waals surface area contributed by atoms with Crippen LogP contribution in [0.4, 0.5) is 5.82 Å². The third-order valence-electron chi connectivity index (χ3n) is 2.85. The maximum atomic E-state index is 11.7. The summed E-state index contributed by atoms with van der Waals surface area (Å²) in [7, 11) is 0. The zero-order valence-corrected chi connectivity index (χ0v) is 13.7. The lowest BCUT2D eigenvalue weighted by Gasteiger charge is -2.03. The summed E-state index contributed by atoms with van der Waals surface area (Å²) in [5.74, 6) is 0.436. The number of aromatic nitrogens is 3. The Bertz CT molecular complexity index is 815. The fourth-order valence-corrected chi connectivity index (χ4v) is 3.50. The van der Waals surface area contributed by atoms with Crippen molar-refractivity contribution < 1.29 is 4.79 Å². The monoisotopic (exact) mass is 330 g/mol. The fraction of sp³-hybridized carbons (Fsp3) is 0.133. The van der Waals surface area contributed by atoms with Gasteiger partial charge in [0.25, 0.3) is 0 Å². The van der Waals surface area contributed by atoms with Gasteiger partial charge in [0, 0.05) is 11.4 Å². The molecule has 0 atom stereocenters. The van der Waals surface area contributed by atoms with Crippen LogP contribution < -0.4 is 5.32 Å². The minimum Gasteiger partial charge on any atom is -0.307 e. The number of amides is 1. The van der Waals surface area contributed by atoms with Crippen LogP contribution in [0.5, 0.6) is 0 Å². The Kier molecular flexibility index (Phi) is 4.17. The number of allylic oxidation sites excluding steroid dienone is 1. The molecule has 0 radical (unpaired) electrons. The van der Waals surface area contributed by atoms with Gasteiger partial charge < -0.3 is 5.32 Å². The molecule has 0 aliphatic rings. The highest BCUT2D eigenvalue weighted by molar-refractivity contribution is 7.15. The van der Waals surface area contributed by atoms with Crippen molar-refractivity contribution in [1.82, 2.24) is 14.8 Å². The van der Waals surface area contributed by atoms with E-state index in [2.05, 4.69) is 15.4 Å². The molecule has 3 aromatic rings.